The highest BCUT2D eigenvalue weighted by Gasteiger charge is 2.41. The Labute approximate surface area is 180 Å². The smallest absolute Gasteiger partial charge is 0.282 e. The van der Waals surface area contributed by atoms with Crippen LogP contribution in [0, 0.1) is 6.92 Å². The molecule has 29 heavy (non-hydrogen) atoms. The number of nitrogens with one attached hydrogen (secondary N) is 1. The van der Waals surface area contributed by atoms with Gasteiger partial charge in [0.2, 0.25) is 0 Å². The number of carbonyl (C=O) groups is 2. The van der Waals surface area contributed by atoms with Gasteiger partial charge in [-0.2, -0.15) is 0 Å². The van der Waals surface area contributed by atoms with Crippen molar-refractivity contribution in [3.8, 4) is 0 Å². The molecule has 0 aromatic heterocycles. The second-order valence-corrected chi connectivity index (χ2v) is 8.97. The molecule has 1 saturated carbocycles. The fraction of sp³-hybridized carbons (Fsp3) is 0.304. The van der Waals surface area contributed by atoms with Gasteiger partial charge in [-0.15, -0.1) is 0 Å². The molecule has 0 bridgehead atoms. The number of rotatable bonds is 5. The Bertz CT molecular complexity index is 968. The van der Waals surface area contributed by atoms with E-state index in [0.717, 1.165) is 36.1 Å². The maximum Gasteiger partial charge on any atom is 0.282 e. The monoisotopic (exact) mass is 426 g/mol. The van der Waals surface area contributed by atoms with Gasteiger partial charge in [0.25, 0.3) is 11.8 Å². The Hall–Kier alpha value is -2.24. The molecule has 4 rings (SSSR count). The third-order valence-electron chi connectivity index (χ3n) is 5.37. The van der Waals surface area contributed by atoms with Gasteiger partial charge in [-0.3, -0.25) is 9.59 Å². The van der Waals surface area contributed by atoms with Crippen LogP contribution in [0.4, 0.5) is 5.69 Å². The molecular formula is C23H23ClN2O2S. The van der Waals surface area contributed by atoms with Crippen LogP contribution >= 0.6 is 23.4 Å². The quantitative estimate of drug-likeness (QED) is 0.646. The van der Waals surface area contributed by atoms with Crippen LogP contribution in [-0.4, -0.2) is 17.9 Å². The molecular weight excluding hydrogens is 404 g/mol. The van der Waals surface area contributed by atoms with E-state index in [1.807, 2.05) is 43.3 Å². The largest absolute Gasteiger partial charge is 0.377 e. The van der Waals surface area contributed by atoms with E-state index in [0.29, 0.717) is 21.3 Å². The summed E-state index contributed by atoms with van der Waals surface area (Å²) in [5, 5.41) is 3.94. The number of thioether (sulfide) groups is 1. The summed E-state index contributed by atoms with van der Waals surface area (Å²) >= 11 is 7.60. The molecule has 2 amide bonds. The van der Waals surface area contributed by atoms with Gasteiger partial charge in [0.15, 0.2) is 0 Å². The van der Waals surface area contributed by atoms with Crippen molar-refractivity contribution < 1.29 is 9.59 Å². The van der Waals surface area contributed by atoms with Crippen LogP contribution in [0.5, 0.6) is 0 Å². The van der Waals surface area contributed by atoms with Gasteiger partial charge < -0.3 is 5.32 Å². The van der Waals surface area contributed by atoms with Crippen molar-refractivity contribution in [1.82, 2.24) is 5.32 Å². The molecule has 0 saturated heterocycles. The normalized spacial score (nSPS) is 17.9. The summed E-state index contributed by atoms with van der Waals surface area (Å²) in [5.74, 6) is -0.610. The van der Waals surface area contributed by atoms with Crippen molar-refractivity contribution in [3.05, 3.63) is 69.7 Å². The average molecular weight is 427 g/mol. The van der Waals surface area contributed by atoms with Crippen molar-refractivity contribution in [2.24, 2.45) is 0 Å². The lowest BCUT2D eigenvalue weighted by Gasteiger charge is -2.24. The molecule has 1 aliphatic carbocycles. The molecule has 1 fully saturated rings. The second-order valence-electron chi connectivity index (χ2n) is 7.48. The second kappa shape index (κ2) is 8.64. The lowest BCUT2D eigenvalue weighted by molar-refractivity contribution is -0.120. The number of imide groups is 1. The molecule has 0 radical (unpaired) electrons. The molecule has 0 atom stereocenters. The lowest BCUT2D eigenvalue weighted by Crippen LogP contribution is -2.37. The van der Waals surface area contributed by atoms with E-state index in [4.69, 9.17) is 11.6 Å². The van der Waals surface area contributed by atoms with Gasteiger partial charge in [-0.1, -0.05) is 66.9 Å². The summed E-state index contributed by atoms with van der Waals surface area (Å²) in [6.45, 7) is 1.89. The first-order valence-electron chi connectivity index (χ1n) is 9.93. The maximum atomic E-state index is 13.3. The molecule has 2 aromatic rings. The molecule has 1 aliphatic heterocycles. The highest BCUT2D eigenvalue weighted by molar-refractivity contribution is 8.04. The molecule has 2 aromatic carbocycles. The zero-order valence-electron chi connectivity index (χ0n) is 16.3. The summed E-state index contributed by atoms with van der Waals surface area (Å²) in [6.07, 6.45) is 5.55. The van der Waals surface area contributed by atoms with Crippen LogP contribution in [0.3, 0.4) is 0 Å². The summed E-state index contributed by atoms with van der Waals surface area (Å²) in [7, 11) is 0. The summed E-state index contributed by atoms with van der Waals surface area (Å²) in [5.41, 5.74) is 1.82. The van der Waals surface area contributed by atoms with Crippen molar-refractivity contribution in [3.63, 3.8) is 0 Å². The predicted octanol–water partition coefficient (Wildman–Crippen LogP) is 5.45. The molecule has 2 aliphatic rings. The summed E-state index contributed by atoms with van der Waals surface area (Å²) in [6, 6.07) is 15.2. The van der Waals surface area contributed by atoms with Crippen molar-refractivity contribution in [2.45, 2.75) is 50.0 Å². The SMILES string of the molecule is Cc1ccc(N2C(=O)C(NC3CCCCC3)=C(Sc3ccccc3)C2=O)cc1Cl. The van der Waals surface area contributed by atoms with Crippen LogP contribution in [-0.2, 0) is 9.59 Å². The maximum absolute atomic E-state index is 13.3. The van der Waals surface area contributed by atoms with Gasteiger partial charge >= 0.3 is 0 Å². The first-order chi connectivity index (χ1) is 14.0. The fourth-order valence-electron chi connectivity index (χ4n) is 3.74. The Morgan fingerprint density at radius 2 is 1.72 bits per heavy atom. The van der Waals surface area contributed by atoms with Crippen LogP contribution in [0.1, 0.15) is 37.7 Å². The Morgan fingerprint density at radius 3 is 2.41 bits per heavy atom. The summed E-state index contributed by atoms with van der Waals surface area (Å²) < 4.78 is 0. The zero-order chi connectivity index (χ0) is 20.4. The number of anilines is 1. The van der Waals surface area contributed by atoms with Gasteiger partial charge in [0, 0.05) is 16.0 Å². The van der Waals surface area contributed by atoms with Crippen LogP contribution in [0.2, 0.25) is 5.02 Å². The number of hydrogen-bond acceptors (Lipinski definition) is 4. The lowest BCUT2D eigenvalue weighted by atomic mass is 9.95. The highest BCUT2D eigenvalue weighted by atomic mass is 35.5. The Morgan fingerprint density at radius 1 is 1.00 bits per heavy atom. The van der Waals surface area contributed by atoms with Crippen molar-refractivity contribution in [1.29, 1.82) is 0 Å². The highest BCUT2D eigenvalue weighted by Crippen LogP contribution is 2.38. The minimum atomic E-state index is -0.307. The number of benzene rings is 2. The van der Waals surface area contributed by atoms with Gasteiger partial charge in [-0.25, -0.2) is 4.90 Å². The molecule has 6 heteroatoms. The number of halogens is 1. The third kappa shape index (κ3) is 4.21. The predicted molar refractivity (Wildman–Crippen MR) is 118 cm³/mol. The Balaban J connectivity index is 1.69. The first-order valence-corrected chi connectivity index (χ1v) is 11.1. The first kappa shape index (κ1) is 20.0. The van der Waals surface area contributed by atoms with Gasteiger partial charge in [0.1, 0.15) is 10.6 Å². The summed E-state index contributed by atoms with van der Waals surface area (Å²) in [4.78, 5) is 29.2. The van der Waals surface area contributed by atoms with Crippen molar-refractivity contribution in [2.75, 3.05) is 4.90 Å². The molecule has 1 N–H and O–H groups in total. The minimum Gasteiger partial charge on any atom is -0.377 e. The number of hydrogen-bond donors (Lipinski definition) is 1. The zero-order valence-corrected chi connectivity index (χ0v) is 17.9. The third-order valence-corrected chi connectivity index (χ3v) is 6.87. The standard InChI is InChI=1S/C23H23ClN2O2S/c1-15-12-13-17(14-19(15)24)26-22(27)20(25-16-8-4-2-5-9-16)21(23(26)28)29-18-10-6-3-7-11-18/h3,6-7,10-14,16,25H,2,4-5,8-9H2,1H3. The topological polar surface area (TPSA) is 49.4 Å². The molecule has 4 nitrogen and oxygen atoms in total. The van der Waals surface area contributed by atoms with Crippen molar-refractivity contribution >= 4 is 40.9 Å². The van der Waals surface area contributed by atoms with E-state index in [-0.39, 0.29) is 17.9 Å². The number of carbonyl (C=O) groups excluding carboxylic acids is 2. The van der Waals surface area contributed by atoms with E-state index >= 15 is 0 Å². The number of nitrogens with zero attached hydrogens (tertiary/aromatic N) is 1. The minimum absolute atomic E-state index is 0.225. The molecule has 0 spiro atoms. The van der Waals surface area contributed by atoms with Crippen LogP contribution < -0.4 is 10.2 Å². The van der Waals surface area contributed by atoms with E-state index in [1.165, 1.54) is 23.1 Å². The van der Waals surface area contributed by atoms with E-state index in [1.54, 1.807) is 12.1 Å². The molecule has 0 unspecified atom stereocenters. The van der Waals surface area contributed by atoms with Gasteiger partial charge in [0.05, 0.1) is 5.69 Å². The van der Waals surface area contributed by atoms with Crippen LogP contribution in [0.25, 0.3) is 0 Å². The van der Waals surface area contributed by atoms with E-state index in [9.17, 15) is 9.59 Å². The molecule has 1 heterocycles. The number of aryl methyl sites for hydroxylation is 1. The fourth-order valence-corrected chi connectivity index (χ4v) is 4.88. The van der Waals surface area contributed by atoms with E-state index in [2.05, 4.69) is 5.32 Å². The molecule has 150 valence electrons. The number of amides is 2. The average Bonchev–Trinajstić information content (AvgIpc) is 2.96. The van der Waals surface area contributed by atoms with Crippen LogP contribution in [0.15, 0.2) is 64.0 Å². The van der Waals surface area contributed by atoms with E-state index < -0.39 is 0 Å². The Kier molecular flexibility index (Phi) is 5.97. The van der Waals surface area contributed by atoms with Gasteiger partial charge in [-0.05, 0) is 49.6 Å².